The second-order valence-corrected chi connectivity index (χ2v) is 9.27. The van der Waals surface area contributed by atoms with Crippen molar-refractivity contribution >= 4 is 0 Å². The summed E-state index contributed by atoms with van der Waals surface area (Å²) in [6.07, 6.45) is 29.6. The van der Waals surface area contributed by atoms with Crippen molar-refractivity contribution in [3.8, 4) is 0 Å². The monoisotopic (exact) mass is 390 g/mol. The zero-order valence-corrected chi connectivity index (χ0v) is 20.2. The van der Waals surface area contributed by atoms with Crippen molar-refractivity contribution in [3.63, 3.8) is 0 Å². The quantitative estimate of drug-likeness (QED) is 0.171. The molecule has 1 aliphatic carbocycles. The van der Waals surface area contributed by atoms with Gasteiger partial charge >= 0.3 is 0 Å². The second kappa shape index (κ2) is 21.2. The highest BCUT2D eigenvalue weighted by atomic mass is 14.3. The van der Waals surface area contributed by atoms with E-state index in [1.54, 1.807) is 5.57 Å². The molecule has 166 valence electrons. The normalized spacial score (nSPS) is 18.6. The van der Waals surface area contributed by atoms with Crippen LogP contribution >= 0.6 is 0 Å². The summed E-state index contributed by atoms with van der Waals surface area (Å²) in [6, 6.07) is 0. The lowest BCUT2D eigenvalue weighted by atomic mass is 9.71. The predicted octanol–water partition coefficient (Wildman–Crippen LogP) is 10.4. The molecule has 0 aromatic rings. The SMILES string of the molecule is C=C(CCCCCC/C=C/CCCCCCCC)C1CC(C)C1.CCCCC. The van der Waals surface area contributed by atoms with E-state index in [1.165, 1.54) is 116 Å². The van der Waals surface area contributed by atoms with Crippen LogP contribution in [0.25, 0.3) is 0 Å². The molecule has 0 heterocycles. The number of hydrogen-bond donors (Lipinski definition) is 0. The minimum Gasteiger partial charge on any atom is -0.0996 e. The summed E-state index contributed by atoms with van der Waals surface area (Å²) < 4.78 is 0. The lowest BCUT2D eigenvalue weighted by Crippen LogP contribution is -2.22. The molecule has 0 aromatic heterocycles. The van der Waals surface area contributed by atoms with Gasteiger partial charge in [0.15, 0.2) is 0 Å². The van der Waals surface area contributed by atoms with Crippen LogP contribution in [0.1, 0.15) is 143 Å². The molecule has 0 atom stereocenters. The Bertz CT molecular complexity index is 343. The van der Waals surface area contributed by atoms with Crippen LogP contribution in [0.15, 0.2) is 24.3 Å². The third-order valence-electron chi connectivity index (χ3n) is 6.17. The smallest absolute Gasteiger partial charge is 0.0201 e. The van der Waals surface area contributed by atoms with Gasteiger partial charge < -0.3 is 0 Å². The fourth-order valence-corrected chi connectivity index (χ4v) is 4.04. The number of allylic oxidation sites excluding steroid dienone is 3. The van der Waals surface area contributed by atoms with Crippen LogP contribution in [0.4, 0.5) is 0 Å². The van der Waals surface area contributed by atoms with Crippen molar-refractivity contribution in [2.75, 3.05) is 0 Å². The van der Waals surface area contributed by atoms with Gasteiger partial charge in [-0.2, -0.15) is 0 Å². The summed E-state index contributed by atoms with van der Waals surface area (Å²) in [4.78, 5) is 0. The van der Waals surface area contributed by atoms with E-state index in [9.17, 15) is 0 Å². The number of rotatable bonds is 17. The molecule has 0 amide bonds. The van der Waals surface area contributed by atoms with E-state index in [4.69, 9.17) is 0 Å². The molecule has 0 unspecified atom stereocenters. The third-order valence-corrected chi connectivity index (χ3v) is 6.17. The van der Waals surface area contributed by atoms with Crippen molar-refractivity contribution < 1.29 is 0 Å². The van der Waals surface area contributed by atoms with Crippen molar-refractivity contribution in [2.24, 2.45) is 11.8 Å². The Labute approximate surface area is 179 Å². The Morgan fingerprint density at radius 2 is 1.14 bits per heavy atom. The Balaban J connectivity index is 0.00000129. The van der Waals surface area contributed by atoms with Crippen LogP contribution in [0, 0.1) is 11.8 Å². The molecular formula is C28H54. The van der Waals surface area contributed by atoms with E-state index in [-0.39, 0.29) is 0 Å². The minimum absolute atomic E-state index is 0.870. The van der Waals surface area contributed by atoms with E-state index in [2.05, 4.69) is 46.4 Å². The highest BCUT2D eigenvalue weighted by molar-refractivity contribution is 5.05. The van der Waals surface area contributed by atoms with Crippen LogP contribution in [-0.2, 0) is 0 Å². The number of unbranched alkanes of at least 4 members (excludes halogenated alkanes) is 12. The Hall–Kier alpha value is -0.520. The molecule has 0 aromatic carbocycles. The summed E-state index contributed by atoms with van der Waals surface area (Å²) in [5.41, 5.74) is 1.54. The molecule has 1 rings (SSSR count). The molecule has 0 radical (unpaired) electrons. The molecule has 0 bridgehead atoms. The lowest BCUT2D eigenvalue weighted by Gasteiger charge is -2.34. The maximum Gasteiger partial charge on any atom is -0.0201 e. The van der Waals surface area contributed by atoms with E-state index in [1.807, 2.05) is 0 Å². The van der Waals surface area contributed by atoms with E-state index >= 15 is 0 Å². The maximum atomic E-state index is 4.30. The Morgan fingerprint density at radius 1 is 0.679 bits per heavy atom. The summed E-state index contributed by atoms with van der Waals surface area (Å²) in [7, 11) is 0. The van der Waals surface area contributed by atoms with Gasteiger partial charge in [0.1, 0.15) is 0 Å². The van der Waals surface area contributed by atoms with Gasteiger partial charge in [-0.25, -0.2) is 0 Å². The average Bonchev–Trinajstić information content (AvgIpc) is 2.66. The summed E-state index contributed by atoms with van der Waals surface area (Å²) in [5.74, 6) is 1.83. The molecule has 28 heavy (non-hydrogen) atoms. The lowest BCUT2D eigenvalue weighted by molar-refractivity contribution is 0.244. The highest BCUT2D eigenvalue weighted by Crippen LogP contribution is 2.39. The van der Waals surface area contributed by atoms with Gasteiger partial charge in [0, 0.05) is 0 Å². The molecule has 1 aliphatic rings. The molecule has 0 aliphatic heterocycles. The molecule has 0 spiro atoms. The van der Waals surface area contributed by atoms with E-state index in [0.29, 0.717) is 0 Å². The third kappa shape index (κ3) is 17.6. The molecule has 1 saturated carbocycles. The maximum absolute atomic E-state index is 4.30. The average molecular weight is 391 g/mol. The van der Waals surface area contributed by atoms with E-state index < -0.39 is 0 Å². The fourth-order valence-electron chi connectivity index (χ4n) is 4.04. The zero-order valence-electron chi connectivity index (χ0n) is 20.2. The molecular weight excluding hydrogens is 336 g/mol. The van der Waals surface area contributed by atoms with Gasteiger partial charge in [0.2, 0.25) is 0 Å². The van der Waals surface area contributed by atoms with Crippen molar-refractivity contribution in [1.29, 1.82) is 0 Å². The van der Waals surface area contributed by atoms with Gasteiger partial charge in [0.25, 0.3) is 0 Å². The summed E-state index contributed by atoms with van der Waals surface area (Å²) in [6.45, 7) is 13.4. The molecule has 0 nitrogen and oxygen atoms in total. The Kier molecular flexibility index (Phi) is 20.8. The summed E-state index contributed by atoms with van der Waals surface area (Å²) in [5, 5.41) is 0. The number of hydrogen-bond acceptors (Lipinski definition) is 0. The van der Waals surface area contributed by atoms with Crippen LogP contribution in [0.5, 0.6) is 0 Å². The summed E-state index contributed by atoms with van der Waals surface area (Å²) >= 11 is 0. The van der Waals surface area contributed by atoms with Gasteiger partial charge in [0.05, 0.1) is 0 Å². The first-order chi connectivity index (χ1) is 13.7. The standard InChI is InChI=1S/C23H42.C5H12/c1-4-5-6-7-8-9-10-11-12-13-14-15-16-17-18-22(3)23-19-21(2)20-23;1-3-5-4-2/h11-12,21,23H,3-10,13-20H2,1-2H3;3-5H2,1-2H3/b12-11+;. The molecule has 0 saturated heterocycles. The van der Waals surface area contributed by atoms with Crippen molar-refractivity contribution in [2.45, 2.75) is 143 Å². The highest BCUT2D eigenvalue weighted by Gasteiger charge is 2.26. The van der Waals surface area contributed by atoms with Gasteiger partial charge in [-0.15, -0.1) is 0 Å². The fraction of sp³-hybridized carbons (Fsp3) is 0.857. The predicted molar refractivity (Wildman–Crippen MR) is 131 cm³/mol. The van der Waals surface area contributed by atoms with Crippen molar-refractivity contribution in [3.05, 3.63) is 24.3 Å². The van der Waals surface area contributed by atoms with Gasteiger partial charge in [-0.3, -0.25) is 0 Å². The minimum atomic E-state index is 0.870. The largest absolute Gasteiger partial charge is 0.0996 e. The molecule has 0 N–H and O–H groups in total. The second-order valence-electron chi connectivity index (χ2n) is 9.27. The van der Waals surface area contributed by atoms with Crippen LogP contribution in [0.3, 0.4) is 0 Å². The van der Waals surface area contributed by atoms with Crippen LogP contribution < -0.4 is 0 Å². The first-order valence-corrected chi connectivity index (χ1v) is 13.0. The van der Waals surface area contributed by atoms with Crippen molar-refractivity contribution in [1.82, 2.24) is 0 Å². The molecule has 1 fully saturated rings. The first kappa shape index (κ1) is 27.5. The van der Waals surface area contributed by atoms with Gasteiger partial charge in [-0.1, -0.05) is 116 Å². The van der Waals surface area contributed by atoms with Crippen LogP contribution in [-0.4, -0.2) is 0 Å². The van der Waals surface area contributed by atoms with Crippen LogP contribution in [0.2, 0.25) is 0 Å². The molecule has 0 heteroatoms. The Morgan fingerprint density at radius 3 is 1.61 bits per heavy atom. The first-order valence-electron chi connectivity index (χ1n) is 13.0. The zero-order chi connectivity index (χ0) is 20.9. The topological polar surface area (TPSA) is 0 Å². The van der Waals surface area contributed by atoms with Gasteiger partial charge in [-0.05, 0) is 63.2 Å². The van der Waals surface area contributed by atoms with E-state index in [0.717, 1.165) is 11.8 Å².